The molecular formula is C16H23N3O4. The largest absolute Gasteiger partial charge is 0.393 e. The molecule has 0 aliphatic carbocycles. The molecular weight excluding hydrogens is 298 g/mol. The maximum Gasteiger partial charge on any atom is 0.321 e. The number of anilines is 1. The van der Waals surface area contributed by atoms with Gasteiger partial charge in [-0.2, -0.15) is 0 Å². The second-order valence-electron chi connectivity index (χ2n) is 5.97. The Morgan fingerprint density at radius 1 is 1.57 bits per heavy atom. The summed E-state index contributed by atoms with van der Waals surface area (Å²) < 4.78 is 0. The van der Waals surface area contributed by atoms with Crippen molar-refractivity contribution in [3.63, 3.8) is 0 Å². The van der Waals surface area contributed by atoms with Crippen LogP contribution in [0.1, 0.15) is 32.3 Å². The molecule has 7 heteroatoms. The lowest BCUT2D eigenvalue weighted by Crippen LogP contribution is -2.44. The summed E-state index contributed by atoms with van der Waals surface area (Å²) in [5, 5.41) is 23.5. The summed E-state index contributed by atoms with van der Waals surface area (Å²) in [6.07, 6.45) is 1.86. The van der Waals surface area contributed by atoms with Gasteiger partial charge >= 0.3 is 6.03 Å². The van der Waals surface area contributed by atoms with E-state index in [4.69, 9.17) is 0 Å². The predicted molar refractivity (Wildman–Crippen MR) is 87.5 cm³/mol. The van der Waals surface area contributed by atoms with Crippen LogP contribution in [0.4, 0.5) is 16.2 Å². The number of piperidine rings is 1. The molecule has 2 atom stereocenters. The van der Waals surface area contributed by atoms with Gasteiger partial charge in [0.05, 0.1) is 11.0 Å². The van der Waals surface area contributed by atoms with Crippen LogP contribution in [-0.2, 0) is 6.42 Å². The zero-order valence-electron chi connectivity index (χ0n) is 13.5. The second-order valence-corrected chi connectivity index (χ2v) is 5.97. The average molecular weight is 321 g/mol. The van der Waals surface area contributed by atoms with Crippen LogP contribution in [0.2, 0.25) is 0 Å². The Morgan fingerprint density at radius 2 is 2.30 bits per heavy atom. The van der Waals surface area contributed by atoms with Crippen LogP contribution in [0.15, 0.2) is 18.2 Å². The number of likely N-dealkylation sites (tertiary alicyclic amines) is 1. The second kappa shape index (κ2) is 7.41. The molecule has 0 radical (unpaired) electrons. The van der Waals surface area contributed by atoms with Gasteiger partial charge in [-0.05, 0) is 32.3 Å². The lowest BCUT2D eigenvalue weighted by molar-refractivity contribution is -0.385. The highest BCUT2D eigenvalue weighted by molar-refractivity contribution is 5.89. The molecule has 0 bridgehead atoms. The Kier molecular flexibility index (Phi) is 5.54. The lowest BCUT2D eigenvalue weighted by atomic mass is 9.94. The van der Waals surface area contributed by atoms with Gasteiger partial charge in [-0.1, -0.05) is 13.0 Å². The molecule has 1 aromatic carbocycles. The third-order valence-corrected chi connectivity index (χ3v) is 4.34. The van der Waals surface area contributed by atoms with Crippen molar-refractivity contribution >= 4 is 17.4 Å². The highest BCUT2D eigenvalue weighted by Gasteiger charge is 2.26. The standard InChI is InChI=1S/C16H23N3O4/c1-3-12-6-7-14(9-15(12)19(22)23)17-16(21)18-8-4-5-13(10-18)11(2)20/h6-7,9,11,13,20H,3-5,8,10H2,1-2H3,(H,17,21). The first-order chi connectivity index (χ1) is 10.9. The van der Waals surface area contributed by atoms with Gasteiger partial charge in [-0.3, -0.25) is 10.1 Å². The molecule has 126 valence electrons. The van der Waals surface area contributed by atoms with Crippen molar-refractivity contribution in [1.29, 1.82) is 0 Å². The van der Waals surface area contributed by atoms with Crippen LogP contribution in [-0.4, -0.2) is 40.2 Å². The minimum absolute atomic E-state index is 0.0193. The van der Waals surface area contributed by atoms with Crippen LogP contribution in [0.3, 0.4) is 0 Å². The fraction of sp³-hybridized carbons (Fsp3) is 0.562. The molecule has 1 aliphatic heterocycles. The molecule has 1 heterocycles. The Bertz CT molecular complexity index is 589. The Morgan fingerprint density at radius 3 is 2.91 bits per heavy atom. The van der Waals surface area contributed by atoms with Crippen molar-refractivity contribution < 1.29 is 14.8 Å². The third-order valence-electron chi connectivity index (χ3n) is 4.34. The fourth-order valence-corrected chi connectivity index (χ4v) is 2.90. The number of urea groups is 1. The van der Waals surface area contributed by atoms with Gasteiger partial charge in [0.2, 0.25) is 0 Å². The summed E-state index contributed by atoms with van der Waals surface area (Å²) in [6, 6.07) is 4.46. The van der Waals surface area contributed by atoms with Crippen molar-refractivity contribution in [1.82, 2.24) is 4.90 Å². The van der Waals surface area contributed by atoms with E-state index in [1.165, 1.54) is 6.07 Å². The molecule has 2 N–H and O–H groups in total. The Hall–Kier alpha value is -2.15. The first kappa shape index (κ1) is 17.2. The van der Waals surface area contributed by atoms with Gasteiger partial charge in [-0.15, -0.1) is 0 Å². The maximum absolute atomic E-state index is 12.3. The van der Waals surface area contributed by atoms with E-state index in [0.717, 1.165) is 12.8 Å². The Labute approximate surface area is 135 Å². The molecule has 1 saturated heterocycles. The maximum atomic E-state index is 12.3. The molecule has 1 aromatic rings. The first-order valence-corrected chi connectivity index (χ1v) is 7.93. The predicted octanol–water partition coefficient (Wildman–Crippen LogP) is 2.78. The van der Waals surface area contributed by atoms with Gasteiger partial charge in [0.15, 0.2) is 0 Å². The number of amides is 2. The number of aliphatic hydroxyl groups excluding tert-OH is 1. The highest BCUT2D eigenvalue weighted by Crippen LogP contribution is 2.25. The molecule has 7 nitrogen and oxygen atoms in total. The van der Waals surface area contributed by atoms with Crippen molar-refractivity contribution in [2.45, 2.75) is 39.2 Å². The van der Waals surface area contributed by atoms with E-state index in [2.05, 4.69) is 5.32 Å². The van der Waals surface area contributed by atoms with E-state index in [1.807, 2.05) is 6.92 Å². The average Bonchev–Trinajstić information content (AvgIpc) is 2.54. The number of carbonyl (C=O) groups is 1. The van der Waals surface area contributed by atoms with Crippen LogP contribution >= 0.6 is 0 Å². The summed E-state index contributed by atoms with van der Waals surface area (Å²) in [5.74, 6) is 0.0753. The van der Waals surface area contributed by atoms with Crippen LogP contribution in [0.25, 0.3) is 0 Å². The zero-order chi connectivity index (χ0) is 17.0. The number of aryl methyl sites for hydroxylation is 1. The summed E-state index contributed by atoms with van der Waals surface area (Å²) in [7, 11) is 0. The van der Waals surface area contributed by atoms with Gasteiger partial charge in [0.25, 0.3) is 5.69 Å². The van der Waals surface area contributed by atoms with Crippen molar-refractivity contribution in [2.75, 3.05) is 18.4 Å². The smallest absolute Gasteiger partial charge is 0.321 e. The number of carbonyl (C=O) groups excluding carboxylic acids is 1. The molecule has 23 heavy (non-hydrogen) atoms. The van der Waals surface area contributed by atoms with E-state index in [-0.39, 0.29) is 17.6 Å². The van der Waals surface area contributed by atoms with E-state index in [9.17, 15) is 20.0 Å². The Balaban J connectivity index is 2.08. The number of nitrogens with zero attached hydrogens (tertiary/aromatic N) is 2. The van der Waals surface area contributed by atoms with Crippen LogP contribution in [0, 0.1) is 16.0 Å². The minimum atomic E-state index is -0.449. The third kappa shape index (κ3) is 4.19. The van der Waals surface area contributed by atoms with Crippen LogP contribution < -0.4 is 5.32 Å². The fourth-order valence-electron chi connectivity index (χ4n) is 2.90. The van der Waals surface area contributed by atoms with Crippen molar-refractivity contribution in [2.24, 2.45) is 5.92 Å². The number of nitrogens with one attached hydrogen (secondary N) is 1. The molecule has 1 fully saturated rings. The quantitative estimate of drug-likeness (QED) is 0.658. The number of hydrogen-bond acceptors (Lipinski definition) is 4. The van der Waals surface area contributed by atoms with Crippen molar-refractivity contribution in [3.05, 3.63) is 33.9 Å². The summed E-state index contributed by atoms with van der Waals surface area (Å²) >= 11 is 0. The number of nitro benzene ring substituents is 1. The van der Waals surface area contributed by atoms with Gasteiger partial charge < -0.3 is 15.3 Å². The highest BCUT2D eigenvalue weighted by atomic mass is 16.6. The lowest BCUT2D eigenvalue weighted by Gasteiger charge is -2.34. The molecule has 0 aromatic heterocycles. The number of rotatable bonds is 4. The van der Waals surface area contributed by atoms with Gasteiger partial charge in [-0.25, -0.2) is 4.79 Å². The molecule has 2 unspecified atom stereocenters. The minimum Gasteiger partial charge on any atom is -0.393 e. The van der Waals surface area contributed by atoms with E-state index in [0.29, 0.717) is 30.8 Å². The molecule has 0 saturated carbocycles. The van der Waals surface area contributed by atoms with Crippen LogP contribution in [0.5, 0.6) is 0 Å². The van der Waals surface area contributed by atoms with E-state index >= 15 is 0 Å². The van der Waals surface area contributed by atoms with E-state index < -0.39 is 11.0 Å². The normalized spacial score (nSPS) is 19.3. The SMILES string of the molecule is CCc1ccc(NC(=O)N2CCCC(C(C)O)C2)cc1[N+](=O)[O-]. The number of benzene rings is 1. The van der Waals surface area contributed by atoms with Gasteiger partial charge in [0, 0.05) is 36.3 Å². The number of hydrogen-bond donors (Lipinski definition) is 2. The first-order valence-electron chi connectivity index (χ1n) is 7.93. The van der Waals surface area contributed by atoms with Crippen molar-refractivity contribution in [3.8, 4) is 0 Å². The molecule has 1 aliphatic rings. The zero-order valence-corrected chi connectivity index (χ0v) is 13.5. The molecule has 0 spiro atoms. The number of nitro groups is 1. The topological polar surface area (TPSA) is 95.7 Å². The molecule has 2 rings (SSSR count). The van der Waals surface area contributed by atoms with Gasteiger partial charge in [0.1, 0.15) is 0 Å². The molecule has 2 amide bonds. The number of aliphatic hydroxyl groups is 1. The summed E-state index contributed by atoms with van der Waals surface area (Å²) in [4.78, 5) is 24.6. The summed E-state index contributed by atoms with van der Waals surface area (Å²) in [5.41, 5.74) is 1.07. The monoisotopic (exact) mass is 321 g/mol. The summed E-state index contributed by atoms with van der Waals surface area (Å²) in [6.45, 7) is 4.71. The van der Waals surface area contributed by atoms with E-state index in [1.54, 1.807) is 24.0 Å².